The fraction of sp³-hybridized carbons (Fsp3) is 0.500. The number of benzene rings is 1. The van der Waals surface area contributed by atoms with Crippen molar-refractivity contribution in [2.24, 2.45) is 0 Å². The Kier molecular flexibility index (Phi) is 6.12. The fourth-order valence-corrected chi connectivity index (χ4v) is 2.32. The van der Waals surface area contributed by atoms with Crippen LogP contribution in [0.15, 0.2) is 29.2 Å². The second kappa shape index (κ2) is 7.38. The van der Waals surface area contributed by atoms with Crippen molar-refractivity contribution in [3.8, 4) is 0 Å². The van der Waals surface area contributed by atoms with Gasteiger partial charge in [-0.25, -0.2) is 4.79 Å². The van der Waals surface area contributed by atoms with Crippen molar-refractivity contribution in [1.82, 2.24) is 0 Å². The van der Waals surface area contributed by atoms with Gasteiger partial charge in [0.1, 0.15) is 0 Å². The summed E-state index contributed by atoms with van der Waals surface area (Å²) in [5.74, 6) is -0.206. The minimum Gasteiger partial charge on any atom is -0.462 e. The van der Waals surface area contributed by atoms with E-state index in [2.05, 4.69) is 20.8 Å². The van der Waals surface area contributed by atoms with E-state index in [0.717, 1.165) is 17.7 Å². The third-order valence-corrected chi connectivity index (χ3v) is 3.28. The minimum absolute atomic E-state index is 0.206. The first-order chi connectivity index (χ1) is 8.15. The molecule has 0 radical (unpaired) electrons. The van der Waals surface area contributed by atoms with Crippen molar-refractivity contribution >= 4 is 17.7 Å². The number of carbonyl (C=O) groups excluding carboxylic acids is 1. The summed E-state index contributed by atoms with van der Waals surface area (Å²) in [6.07, 6.45) is 1.96. The molecule has 1 aromatic rings. The van der Waals surface area contributed by atoms with Crippen LogP contribution in [-0.2, 0) is 4.74 Å². The van der Waals surface area contributed by atoms with Crippen LogP contribution in [-0.4, -0.2) is 17.8 Å². The highest BCUT2D eigenvalue weighted by Gasteiger charge is 2.13. The highest BCUT2D eigenvalue weighted by Crippen LogP contribution is 2.26. The van der Waals surface area contributed by atoms with Crippen LogP contribution in [0.25, 0.3) is 0 Å². The standard InChI is InChI=1S/C14H20O2S/c1-4-5-10-16-14(15)12-8-6-7-9-13(12)17-11(2)3/h6-9,11H,4-5,10H2,1-3H3. The Balaban J connectivity index is 2.71. The zero-order chi connectivity index (χ0) is 12.7. The predicted octanol–water partition coefficient (Wildman–Crippen LogP) is 4.14. The first-order valence-electron chi connectivity index (χ1n) is 6.08. The Labute approximate surface area is 108 Å². The zero-order valence-corrected chi connectivity index (χ0v) is 11.5. The molecular formula is C14H20O2S. The molecule has 0 saturated carbocycles. The molecule has 0 heterocycles. The van der Waals surface area contributed by atoms with E-state index < -0.39 is 0 Å². The Hall–Kier alpha value is -0.960. The van der Waals surface area contributed by atoms with Gasteiger partial charge in [0.25, 0.3) is 0 Å². The Bertz CT molecular complexity index is 361. The van der Waals surface area contributed by atoms with Gasteiger partial charge in [-0.2, -0.15) is 0 Å². The highest BCUT2D eigenvalue weighted by atomic mass is 32.2. The van der Waals surface area contributed by atoms with Crippen molar-refractivity contribution in [1.29, 1.82) is 0 Å². The van der Waals surface area contributed by atoms with Crippen LogP contribution in [0.5, 0.6) is 0 Å². The molecule has 1 aromatic carbocycles. The van der Waals surface area contributed by atoms with Gasteiger partial charge in [0.15, 0.2) is 0 Å². The van der Waals surface area contributed by atoms with Crippen LogP contribution in [0.2, 0.25) is 0 Å². The first-order valence-corrected chi connectivity index (χ1v) is 6.96. The van der Waals surface area contributed by atoms with Crippen LogP contribution >= 0.6 is 11.8 Å². The molecule has 0 N–H and O–H groups in total. The van der Waals surface area contributed by atoms with E-state index in [1.165, 1.54) is 0 Å². The van der Waals surface area contributed by atoms with Gasteiger partial charge in [-0.15, -0.1) is 11.8 Å². The van der Waals surface area contributed by atoms with Crippen molar-refractivity contribution < 1.29 is 9.53 Å². The topological polar surface area (TPSA) is 26.3 Å². The van der Waals surface area contributed by atoms with Crippen LogP contribution in [0.3, 0.4) is 0 Å². The van der Waals surface area contributed by atoms with Crippen molar-refractivity contribution in [2.45, 2.75) is 43.8 Å². The van der Waals surface area contributed by atoms with Gasteiger partial charge in [0.05, 0.1) is 12.2 Å². The fourth-order valence-electron chi connectivity index (χ4n) is 1.38. The third-order valence-electron chi connectivity index (χ3n) is 2.20. The lowest BCUT2D eigenvalue weighted by Gasteiger charge is -2.10. The van der Waals surface area contributed by atoms with Gasteiger partial charge in [0, 0.05) is 10.1 Å². The summed E-state index contributed by atoms with van der Waals surface area (Å²) in [5.41, 5.74) is 0.683. The largest absolute Gasteiger partial charge is 0.462 e. The normalized spacial score (nSPS) is 10.6. The Morgan fingerprint density at radius 3 is 2.71 bits per heavy atom. The van der Waals surface area contributed by atoms with Gasteiger partial charge in [-0.1, -0.05) is 39.3 Å². The van der Waals surface area contributed by atoms with E-state index in [1.807, 2.05) is 24.3 Å². The second-order valence-corrected chi connectivity index (χ2v) is 5.77. The first kappa shape index (κ1) is 14.1. The van der Waals surface area contributed by atoms with E-state index in [1.54, 1.807) is 11.8 Å². The van der Waals surface area contributed by atoms with E-state index >= 15 is 0 Å². The van der Waals surface area contributed by atoms with E-state index in [9.17, 15) is 4.79 Å². The number of unbranched alkanes of at least 4 members (excludes halogenated alkanes) is 1. The lowest BCUT2D eigenvalue weighted by molar-refractivity contribution is 0.0495. The number of ether oxygens (including phenoxy) is 1. The molecule has 0 atom stereocenters. The maximum Gasteiger partial charge on any atom is 0.339 e. The maximum absolute atomic E-state index is 11.9. The SMILES string of the molecule is CCCCOC(=O)c1ccccc1SC(C)C. The van der Waals surface area contributed by atoms with E-state index in [0.29, 0.717) is 17.4 Å². The monoisotopic (exact) mass is 252 g/mol. The van der Waals surface area contributed by atoms with Gasteiger partial charge >= 0.3 is 5.97 Å². The number of thioether (sulfide) groups is 1. The van der Waals surface area contributed by atoms with Crippen molar-refractivity contribution in [3.05, 3.63) is 29.8 Å². The molecule has 17 heavy (non-hydrogen) atoms. The predicted molar refractivity (Wildman–Crippen MR) is 72.6 cm³/mol. The molecule has 0 spiro atoms. The smallest absolute Gasteiger partial charge is 0.339 e. The summed E-state index contributed by atoms with van der Waals surface area (Å²) in [4.78, 5) is 12.9. The third kappa shape index (κ3) is 4.82. The second-order valence-electron chi connectivity index (χ2n) is 4.15. The average molecular weight is 252 g/mol. The lowest BCUT2D eigenvalue weighted by Crippen LogP contribution is -2.08. The number of hydrogen-bond donors (Lipinski definition) is 0. The van der Waals surface area contributed by atoms with Crippen LogP contribution in [0.1, 0.15) is 44.0 Å². The van der Waals surface area contributed by atoms with Gasteiger partial charge < -0.3 is 4.74 Å². The zero-order valence-electron chi connectivity index (χ0n) is 10.7. The minimum atomic E-state index is -0.206. The molecule has 0 bridgehead atoms. The molecule has 0 fully saturated rings. The lowest BCUT2D eigenvalue weighted by atomic mass is 10.2. The van der Waals surface area contributed by atoms with E-state index in [-0.39, 0.29) is 5.97 Å². The molecule has 2 nitrogen and oxygen atoms in total. The molecule has 1 rings (SSSR count). The number of esters is 1. The van der Waals surface area contributed by atoms with Gasteiger partial charge in [0.2, 0.25) is 0 Å². The summed E-state index contributed by atoms with van der Waals surface area (Å²) in [7, 11) is 0. The molecule has 0 aliphatic heterocycles. The van der Waals surface area contributed by atoms with Crippen LogP contribution < -0.4 is 0 Å². The molecule has 0 saturated heterocycles. The summed E-state index contributed by atoms with van der Waals surface area (Å²) < 4.78 is 5.24. The summed E-state index contributed by atoms with van der Waals surface area (Å²) >= 11 is 1.69. The summed E-state index contributed by atoms with van der Waals surface area (Å²) in [5, 5.41) is 0.458. The van der Waals surface area contributed by atoms with Crippen LogP contribution in [0.4, 0.5) is 0 Å². The molecule has 3 heteroatoms. The maximum atomic E-state index is 11.9. The van der Waals surface area contributed by atoms with Crippen molar-refractivity contribution in [3.63, 3.8) is 0 Å². The number of carbonyl (C=O) groups is 1. The Morgan fingerprint density at radius 1 is 1.35 bits per heavy atom. The number of hydrogen-bond acceptors (Lipinski definition) is 3. The molecule has 0 unspecified atom stereocenters. The molecular weight excluding hydrogens is 232 g/mol. The molecule has 0 aliphatic carbocycles. The summed E-state index contributed by atoms with van der Waals surface area (Å²) in [6, 6.07) is 7.63. The van der Waals surface area contributed by atoms with Gasteiger partial charge in [-0.3, -0.25) is 0 Å². The molecule has 0 amide bonds. The molecule has 0 aliphatic rings. The quantitative estimate of drug-likeness (QED) is 0.432. The van der Waals surface area contributed by atoms with Crippen molar-refractivity contribution in [2.75, 3.05) is 6.61 Å². The Morgan fingerprint density at radius 2 is 2.06 bits per heavy atom. The van der Waals surface area contributed by atoms with Gasteiger partial charge in [-0.05, 0) is 18.6 Å². The van der Waals surface area contributed by atoms with Crippen LogP contribution in [0, 0.1) is 0 Å². The van der Waals surface area contributed by atoms with E-state index in [4.69, 9.17) is 4.74 Å². The average Bonchev–Trinajstić information content (AvgIpc) is 2.29. The number of rotatable bonds is 6. The summed E-state index contributed by atoms with van der Waals surface area (Å²) in [6.45, 7) is 6.82. The molecule has 94 valence electrons. The highest BCUT2D eigenvalue weighted by molar-refractivity contribution is 8.00. The molecule has 0 aromatic heterocycles.